The number of rotatable bonds is 11. The highest BCUT2D eigenvalue weighted by Crippen LogP contribution is 2.37. The van der Waals surface area contributed by atoms with Gasteiger partial charge in [0.1, 0.15) is 17.9 Å². The second kappa shape index (κ2) is 14.3. The second-order valence-corrected chi connectivity index (χ2v) is 12.3. The van der Waals surface area contributed by atoms with Crippen LogP contribution in [0.2, 0.25) is 0 Å². The average Bonchev–Trinajstić information content (AvgIpc) is 3.49. The molecule has 8 heteroatoms. The Bertz CT molecular complexity index is 1270. The van der Waals surface area contributed by atoms with Crippen molar-refractivity contribution in [3.05, 3.63) is 58.9 Å². The van der Waals surface area contributed by atoms with Gasteiger partial charge in [0, 0.05) is 43.6 Å². The van der Waals surface area contributed by atoms with Crippen LogP contribution >= 0.6 is 11.8 Å². The summed E-state index contributed by atoms with van der Waals surface area (Å²) < 4.78 is 10.8. The molecule has 0 aromatic heterocycles. The van der Waals surface area contributed by atoms with E-state index in [1.165, 1.54) is 13.5 Å². The zero-order valence-electron chi connectivity index (χ0n) is 25.2. The Hall–Kier alpha value is -2.97. The first-order valence-electron chi connectivity index (χ1n) is 14.7. The number of ether oxygens (including phenoxy) is 2. The molecule has 1 saturated heterocycles. The molecule has 2 aromatic rings. The highest BCUT2D eigenvalue weighted by Gasteiger charge is 2.39. The zero-order chi connectivity index (χ0) is 29.5. The van der Waals surface area contributed by atoms with E-state index in [1.54, 1.807) is 25.8 Å². The summed E-state index contributed by atoms with van der Waals surface area (Å²) in [7, 11) is 7.29. The van der Waals surface area contributed by atoms with Gasteiger partial charge in [0.25, 0.3) is 0 Å². The Morgan fingerprint density at radius 3 is 2.41 bits per heavy atom. The van der Waals surface area contributed by atoms with E-state index in [0.717, 1.165) is 71.2 Å². The monoisotopic (exact) mass is 579 g/mol. The minimum atomic E-state index is -0.600. The third-order valence-electron chi connectivity index (χ3n) is 8.50. The number of carbonyl (C=O) groups is 2. The first kappa shape index (κ1) is 31.0. The number of likely N-dealkylation sites (tertiary alicyclic amines) is 1. The number of fused-ring (bicyclic) bond motifs is 1. The molecule has 1 aliphatic carbocycles. The molecule has 2 fully saturated rings. The minimum absolute atomic E-state index is 0.00997. The molecule has 0 unspecified atom stereocenters. The second-order valence-electron chi connectivity index (χ2n) is 11.3. The summed E-state index contributed by atoms with van der Waals surface area (Å²) in [6, 6.07) is 11.8. The molecule has 3 atom stereocenters. The average molecular weight is 580 g/mol. The molecule has 2 aliphatic rings. The summed E-state index contributed by atoms with van der Waals surface area (Å²) in [5, 5.41) is 7.39. The molecule has 41 heavy (non-hydrogen) atoms. The van der Waals surface area contributed by atoms with Crippen molar-refractivity contribution in [2.45, 2.75) is 70.1 Å². The van der Waals surface area contributed by atoms with Crippen molar-refractivity contribution in [3.63, 3.8) is 0 Å². The van der Waals surface area contributed by atoms with E-state index in [0.29, 0.717) is 6.54 Å². The van der Waals surface area contributed by atoms with Gasteiger partial charge in [0.2, 0.25) is 11.8 Å². The van der Waals surface area contributed by atoms with Crippen LogP contribution in [0, 0.1) is 5.92 Å². The number of methoxy groups -OCH3 is 2. The molecule has 0 bridgehead atoms. The van der Waals surface area contributed by atoms with Gasteiger partial charge in [-0.05, 0) is 61.5 Å². The largest absolute Gasteiger partial charge is 0.496 e. The van der Waals surface area contributed by atoms with Crippen molar-refractivity contribution in [1.29, 1.82) is 0 Å². The smallest absolute Gasteiger partial charge is 0.249 e. The number of carbonyl (C=O) groups excluding carboxylic acids is 2. The van der Waals surface area contributed by atoms with Crippen LogP contribution in [0.25, 0.3) is 16.5 Å². The van der Waals surface area contributed by atoms with Crippen LogP contribution in [-0.4, -0.2) is 74.7 Å². The van der Waals surface area contributed by atoms with Crippen molar-refractivity contribution in [3.8, 4) is 5.75 Å². The maximum Gasteiger partial charge on any atom is 0.249 e. The SMILES string of the molecule is C=C(S/C=C(/c1ccc(OC)c2ccccc12)N(C)C)[C@@H]1CCCN1C(=O)[C@@H](NC(=O)[C@H](C)OC)C1CCCCC1. The van der Waals surface area contributed by atoms with E-state index in [-0.39, 0.29) is 23.8 Å². The van der Waals surface area contributed by atoms with Gasteiger partial charge in [-0.3, -0.25) is 9.59 Å². The van der Waals surface area contributed by atoms with Gasteiger partial charge in [-0.1, -0.05) is 61.9 Å². The summed E-state index contributed by atoms with van der Waals surface area (Å²) in [5.74, 6) is 0.774. The third kappa shape index (κ3) is 7.09. The van der Waals surface area contributed by atoms with Crippen LogP contribution in [0.1, 0.15) is 57.4 Å². The van der Waals surface area contributed by atoms with Crippen molar-refractivity contribution in [2.75, 3.05) is 34.9 Å². The maximum absolute atomic E-state index is 14.1. The molecule has 222 valence electrons. The van der Waals surface area contributed by atoms with Crippen LogP contribution in [0.4, 0.5) is 0 Å². The molecule has 7 nitrogen and oxygen atoms in total. The summed E-state index contributed by atoms with van der Waals surface area (Å²) in [5.41, 5.74) is 2.17. The molecule has 4 rings (SSSR count). The van der Waals surface area contributed by atoms with Crippen molar-refractivity contribution >= 4 is 40.0 Å². The third-order valence-corrected chi connectivity index (χ3v) is 9.41. The van der Waals surface area contributed by atoms with E-state index < -0.39 is 12.1 Å². The van der Waals surface area contributed by atoms with Crippen LogP contribution in [0.15, 0.2) is 53.3 Å². The summed E-state index contributed by atoms with van der Waals surface area (Å²) in [6.07, 6.45) is 6.47. The lowest BCUT2D eigenvalue weighted by Crippen LogP contribution is -2.55. The van der Waals surface area contributed by atoms with Gasteiger partial charge in [0.05, 0.1) is 18.8 Å². The van der Waals surface area contributed by atoms with Crippen LogP contribution < -0.4 is 10.1 Å². The fourth-order valence-electron chi connectivity index (χ4n) is 6.06. The Morgan fingerprint density at radius 2 is 1.76 bits per heavy atom. The van der Waals surface area contributed by atoms with E-state index >= 15 is 0 Å². The number of hydrogen-bond acceptors (Lipinski definition) is 6. The minimum Gasteiger partial charge on any atom is -0.496 e. The number of thioether (sulfide) groups is 1. The number of amides is 2. The van der Waals surface area contributed by atoms with E-state index in [4.69, 9.17) is 9.47 Å². The zero-order valence-corrected chi connectivity index (χ0v) is 26.0. The normalized spacial score (nSPS) is 19.6. The van der Waals surface area contributed by atoms with Gasteiger partial charge >= 0.3 is 0 Å². The highest BCUT2D eigenvalue weighted by atomic mass is 32.2. The molecule has 1 saturated carbocycles. The van der Waals surface area contributed by atoms with Gasteiger partial charge in [-0.15, -0.1) is 0 Å². The highest BCUT2D eigenvalue weighted by molar-refractivity contribution is 8.06. The fraction of sp³-hybridized carbons (Fsp3) is 0.515. The molecule has 1 N–H and O–H groups in total. The quantitative estimate of drug-likeness (QED) is 0.350. The summed E-state index contributed by atoms with van der Waals surface area (Å²) in [4.78, 5) is 31.9. The van der Waals surface area contributed by atoms with Crippen molar-refractivity contribution in [2.24, 2.45) is 5.92 Å². The first-order valence-corrected chi connectivity index (χ1v) is 15.6. The predicted molar refractivity (Wildman–Crippen MR) is 169 cm³/mol. The lowest BCUT2D eigenvalue weighted by molar-refractivity contribution is -0.141. The van der Waals surface area contributed by atoms with Crippen molar-refractivity contribution < 1.29 is 19.1 Å². The maximum atomic E-state index is 14.1. The van der Waals surface area contributed by atoms with Gasteiger partial charge in [0.15, 0.2) is 0 Å². The predicted octanol–water partition coefficient (Wildman–Crippen LogP) is 6.05. The Labute approximate surface area is 249 Å². The Kier molecular flexibility index (Phi) is 10.8. The topological polar surface area (TPSA) is 71.1 Å². The Balaban J connectivity index is 1.56. The molecule has 0 spiro atoms. The molecule has 2 aromatic carbocycles. The number of hydrogen-bond donors (Lipinski definition) is 1. The number of benzene rings is 2. The standard InChI is InChI=1S/C33H45N3O4S/c1-22(39-5)32(37)34-31(24-13-8-7-9-14-24)33(38)36-20-12-17-28(36)23(2)41-21-29(35(3)4)26-18-19-30(40-6)27-16-11-10-15-25(26)27/h10-11,15-16,18-19,21-22,24,28,31H,2,7-9,12-14,17,20H2,1,3-6H3,(H,34,37)/b29-21-/t22-,28-,31-/m0/s1. The fourth-order valence-corrected chi connectivity index (χ4v) is 7.07. The molecule has 1 heterocycles. The van der Waals surface area contributed by atoms with Crippen LogP contribution in [-0.2, 0) is 14.3 Å². The van der Waals surface area contributed by atoms with Gasteiger partial charge < -0.3 is 24.6 Å². The van der Waals surface area contributed by atoms with Crippen LogP contribution in [0.3, 0.4) is 0 Å². The van der Waals surface area contributed by atoms with Gasteiger partial charge in [-0.25, -0.2) is 0 Å². The van der Waals surface area contributed by atoms with E-state index in [2.05, 4.69) is 40.4 Å². The lowest BCUT2D eigenvalue weighted by atomic mass is 9.83. The number of nitrogens with one attached hydrogen (secondary N) is 1. The van der Waals surface area contributed by atoms with E-state index in [1.807, 2.05) is 37.2 Å². The molecule has 1 aliphatic heterocycles. The molecule has 2 amide bonds. The summed E-state index contributed by atoms with van der Waals surface area (Å²) >= 11 is 1.58. The van der Waals surface area contributed by atoms with Crippen molar-refractivity contribution in [1.82, 2.24) is 15.1 Å². The molecular formula is C33H45N3O4S. The number of nitrogens with zero attached hydrogens (tertiary/aromatic N) is 2. The van der Waals surface area contributed by atoms with E-state index in [9.17, 15) is 9.59 Å². The molecule has 0 radical (unpaired) electrons. The molecular weight excluding hydrogens is 534 g/mol. The summed E-state index contributed by atoms with van der Waals surface area (Å²) in [6.45, 7) is 6.83. The lowest BCUT2D eigenvalue weighted by Gasteiger charge is -2.35. The first-order chi connectivity index (χ1) is 19.8. The Morgan fingerprint density at radius 1 is 1.05 bits per heavy atom. The van der Waals surface area contributed by atoms with Crippen LogP contribution in [0.5, 0.6) is 5.75 Å². The van der Waals surface area contributed by atoms with Gasteiger partial charge in [-0.2, -0.15) is 0 Å².